The van der Waals surface area contributed by atoms with E-state index >= 15 is 0 Å². The van der Waals surface area contributed by atoms with Crippen LogP contribution in [0.5, 0.6) is 5.75 Å². The summed E-state index contributed by atoms with van der Waals surface area (Å²) in [5.74, 6) is 2.16. The van der Waals surface area contributed by atoms with E-state index in [-0.39, 0.29) is 17.9 Å². The van der Waals surface area contributed by atoms with Crippen molar-refractivity contribution in [2.24, 2.45) is 0 Å². The van der Waals surface area contributed by atoms with E-state index in [0.29, 0.717) is 25.3 Å². The Morgan fingerprint density at radius 2 is 1.64 bits per heavy atom. The number of benzene rings is 3. The number of fused-ring (bicyclic) bond motifs is 1. The van der Waals surface area contributed by atoms with Gasteiger partial charge in [0, 0.05) is 23.3 Å². The smallest absolute Gasteiger partial charge is 0.306 e. The molecule has 0 saturated carbocycles. The number of ketones is 1. The number of carbonyl (C=O) groups is 2. The molecule has 44 heavy (non-hydrogen) atoms. The number of oxazole rings is 1. The quantitative estimate of drug-likeness (QED) is 0.110. The molecule has 0 saturated heterocycles. The highest BCUT2D eigenvalue weighted by atomic mass is 32.1. The molecular weight excluding hydrogens is 570 g/mol. The number of thiophene rings is 1. The van der Waals surface area contributed by atoms with Crippen LogP contribution in [-0.4, -0.2) is 23.3 Å². The Hall–Kier alpha value is -4.49. The first-order valence-electron chi connectivity index (χ1n) is 15.1. The van der Waals surface area contributed by atoms with Gasteiger partial charge in [0.1, 0.15) is 17.6 Å². The first-order chi connectivity index (χ1) is 21.4. The monoisotopic (exact) mass is 605 g/mol. The normalized spacial score (nSPS) is 13.9. The molecule has 2 aromatic heterocycles. The lowest BCUT2D eigenvalue weighted by atomic mass is 10.0. The van der Waals surface area contributed by atoms with Gasteiger partial charge in [0.15, 0.2) is 5.78 Å². The van der Waals surface area contributed by atoms with Gasteiger partial charge in [0.25, 0.3) is 0 Å². The fourth-order valence-electron chi connectivity index (χ4n) is 5.55. The van der Waals surface area contributed by atoms with Gasteiger partial charge in [-0.3, -0.25) is 9.59 Å². The minimum Gasteiger partial charge on any atom is -0.493 e. The van der Waals surface area contributed by atoms with Crippen molar-refractivity contribution in [2.45, 2.75) is 59.0 Å². The van der Waals surface area contributed by atoms with Crippen molar-refractivity contribution in [3.8, 4) is 38.8 Å². The van der Waals surface area contributed by atoms with Crippen LogP contribution in [0.15, 0.2) is 83.3 Å². The van der Waals surface area contributed by atoms with Gasteiger partial charge >= 0.3 is 5.97 Å². The molecule has 0 radical (unpaired) electrons. The summed E-state index contributed by atoms with van der Waals surface area (Å²) in [6.45, 7) is 6.00. The van der Waals surface area contributed by atoms with Crippen molar-refractivity contribution in [3.63, 3.8) is 0 Å². The SMILES string of the molecule is CCCC(=O)O[C@H]1CCc2cc(OCCc3nc(-c4ccc(-c5ccc(-c6ccc(C(C)=O)s6)cc5)cc4)oc3C)ccc21. The van der Waals surface area contributed by atoms with Crippen LogP contribution in [0.1, 0.15) is 71.5 Å². The molecule has 0 amide bonds. The maximum absolute atomic E-state index is 11.9. The highest BCUT2D eigenvalue weighted by Crippen LogP contribution is 2.36. The second-order valence-corrected chi connectivity index (χ2v) is 12.2. The van der Waals surface area contributed by atoms with Crippen LogP contribution in [0.4, 0.5) is 0 Å². The van der Waals surface area contributed by atoms with E-state index in [9.17, 15) is 9.59 Å². The number of nitrogens with zero attached hydrogens (tertiary/aromatic N) is 1. The second kappa shape index (κ2) is 13.0. The zero-order valence-electron chi connectivity index (χ0n) is 25.2. The predicted octanol–water partition coefficient (Wildman–Crippen LogP) is 9.20. The topological polar surface area (TPSA) is 78.6 Å². The van der Waals surface area contributed by atoms with Crippen LogP contribution >= 0.6 is 11.3 Å². The minimum atomic E-state index is -0.150. The van der Waals surface area contributed by atoms with E-state index in [4.69, 9.17) is 18.9 Å². The third-order valence-corrected chi connectivity index (χ3v) is 9.19. The van der Waals surface area contributed by atoms with Gasteiger partial charge in [-0.1, -0.05) is 49.4 Å². The van der Waals surface area contributed by atoms with Gasteiger partial charge in [-0.25, -0.2) is 4.98 Å². The van der Waals surface area contributed by atoms with Crippen molar-refractivity contribution in [1.29, 1.82) is 0 Å². The molecule has 5 aromatic rings. The fourth-order valence-corrected chi connectivity index (χ4v) is 6.46. The largest absolute Gasteiger partial charge is 0.493 e. The summed E-state index contributed by atoms with van der Waals surface area (Å²) in [7, 11) is 0. The maximum Gasteiger partial charge on any atom is 0.306 e. The Labute approximate surface area is 261 Å². The molecular formula is C37H35NO5S. The number of ether oxygens (including phenoxy) is 2. The Morgan fingerprint density at radius 1 is 0.932 bits per heavy atom. The molecule has 7 heteroatoms. The number of aromatic nitrogens is 1. The van der Waals surface area contributed by atoms with Crippen LogP contribution in [-0.2, 0) is 22.4 Å². The molecule has 224 valence electrons. The van der Waals surface area contributed by atoms with Gasteiger partial charge in [-0.2, -0.15) is 0 Å². The molecule has 0 fully saturated rings. The summed E-state index contributed by atoms with van der Waals surface area (Å²) in [4.78, 5) is 30.2. The second-order valence-electron chi connectivity index (χ2n) is 11.1. The summed E-state index contributed by atoms with van der Waals surface area (Å²) < 4.78 is 17.7. The molecule has 0 unspecified atom stereocenters. The van der Waals surface area contributed by atoms with Gasteiger partial charge in [0.05, 0.1) is 17.2 Å². The summed E-state index contributed by atoms with van der Waals surface area (Å²) in [5, 5.41) is 0. The van der Waals surface area contributed by atoms with Crippen molar-refractivity contribution in [3.05, 3.63) is 106 Å². The number of carbonyl (C=O) groups excluding carboxylic acids is 2. The van der Waals surface area contributed by atoms with Crippen molar-refractivity contribution >= 4 is 23.1 Å². The number of Topliss-reactive ketones (excluding diaryl/α,β-unsaturated/α-hetero) is 1. The predicted molar refractivity (Wildman–Crippen MR) is 173 cm³/mol. The molecule has 0 N–H and O–H groups in total. The fraction of sp³-hybridized carbons (Fsp3) is 0.270. The lowest BCUT2D eigenvalue weighted by molar-refractivity contribution is -0.149. The van der Waals surface area contributed by atoms with Gasteiger partial charge in [-0.15, -0.1) is 11.3 Å². The summed E-state index contributed by atoms with van der Waals surface area (Å²) in [5.41, 5.74) is 7.39. The van der Waals surface area contributed by atoms with Crippen molar-refractivity contribution < 1.29 is 23.5 Å². The zero-order chi connectivity index (χ0) is 30.6. The summed E-state index contributed by atoms with van der Waals surface area (Å²) in [6.07, 6.45) is 3.43. The zero-order valence-corrected chi connectivity index (χ0v) is 26.0. The van der Waals surface area contributed by atoms with Crippen molar-refractivity contribution in [2.75, 3.05) is 6.61 Å². The average Bonchev–Trinajstić information content (AvgIpc) is 3.77. The molecule has 1 aliphatic carbocycles. The molecule has 1 aliphatic rings. The van der Waals surface area contributed by atoms with E-state index in [1.165, 1.54) is 16.9 Å². The Balaban J connectivity index is 1.05. The number of aryl methyl sites for hydroxylation is 2. The summed E-state index contributed by atoms with van der Waals surface area (Å²) >= 11 is 1.52. The minimum absolute atomic E-state index is 0.0953. The van der Waals surface area contributed by atoms with Gasteiger partial charge in [-0.05, 0) is 97.3 Å². The molecule has 6 rings (SSSR count). The molecule has 3 aromatic carbocycles. The van der Waals surface area contributed by atoms with Crippen LogP contribution in [0.2, 0.25) is 0 Å². The van der Waals surface area contributed by atoms with Gasteiger partial charge < -0.3 is 13.9 Å². The van der Waals surface area contributed by atoms with E-state index in [1.54, 1.807) is 6.92 Å². The lowest BCUT2D eigenvalue weighted by Crippen LogP contribution is -2.08. The van der Waals surface area contributed by atoms with E-state index in [0.717, 1.165) is 74.0 Å². The number of hydrogen-bond acceptors (Lipinski definition) is 7. The van der Waals surface area contributed by atoms with Crippen LogP contribution in [0.25, 0.3) is 33.0 Å². The Kier molecular flexibility index (Phi) is 8.75. The third kappa shape index (κ3) is 6.53. The van der Waals surface area contributed by atoms with Crippen molar-refractivity contribution in [1.82, 2.24) is 4.98 Å². The number of rotatable bonds is 11. The summed E-state index contributed by atoms with van der Waals surface area (Å²) in [6, 6.07) is 26.5. The maximum atomic E-state index is 11.9. The third-order valence-electron chi connectivity index (χ3n) is 7.95. The van der Waals surface area contributed by atoms with Crippen LogP contribution in [0.3, 0.4) is 0 Å². The molecule has 6 nitrogen and oxygen atoms in total. The van der Waals surface area contributed by atoms with Crippen LogP contribution in [0, 0.1) is 6.92 Å². The van der Waals surface area contributed by atoms with Gasteiger partial charge in [0.2, 0.25) is 5.89 Å². The highest BCUT2D eigenvalue weighted by Gasteiger charge is 2.26. The van der Waals surface area contributed by atoms with E-state index in [2.05, 4.69) is 42.5 Å². The first-order valence-corrected chi connectivity index (χ1v) is 15.9. The molecule has 0 bridgehead atoms. The standard InChI is InChI=1S/C37H35NO5S/c1-4-5-36(40)43-33-17-14-29-22-30(15-16-31(29)33)41-21-20-32-24(3)42-37(38-32)28-12-8-26(9-13-28)25-6-10-27(11-7-25)35-19-18-34(44-35)23(2)39/h6-13,15-16,18-19,22,33H,4-5,14,17,20-21H2,1-3H3/t33-/m0/s1. The molecule has 0 aliphatic heterocycles. The van der Waals surface area contributed by atoms with E-state index < -0.39 is 0 Å². The average molecular weight is 606 g/mol. The first kappa shape index (κ1) is 29.6. The van der Waals surface area contributed by atoms with E-state index in [1.807, 2.05) is 50.2 Å². The molecule has 2 heterocycles. The highest BCUT2D eigenvalue weighted by molar-refractivity contribution is 7.17. The molecule has 0 spiro atoms. The Bertz CT molecular complexity index is 1780. The lowest BCUT2D eigenvalue weighted by Gasteiger charge is -2.14. The number of esters is 1. The number of hydrogen-bond donors (Lipinski definition) is 0. The van der Waals surface area contributed by atoms with Crippen LogP contribution < -0.4 is 4.74 Å². The Morgan fingerprint density at radius 3 is 2.32 bits per heavy atom. The molecule has 1 atom stereocenters.